The second-order valence-corrected chi connectivity index (χ2v) is 37.9. The summed E-state index contributed by atoms with van der Waals surface area (Å²) in [6, 6.07) is 51.9. The Balaban J connectivity index is 0.000000161. The number of sulfonamides is 1. The lowest BCUT2D eigenvalue weighted by Gasteiger charge is -2.14. The molecular weight excluding hydrogens is 1750 g/mol. The van der Waals surface area contributed by atoms with E-state index in [0.717, 1.165) is 57.5 Å². The fourth-order valence-electron chi connectivity index (χ4n) is 13.1. The molecule has 650 valence electrons. The molecule has 125 heavy (non-hydrogen) atoms. The Kier molecular flexibility index (Phi) is 28.5. The minimum atomic E-state index is -4.68. The summed E-state index contributed by atoms with van der Waals surface area (Å²) in [4.78, 5) is 53.4. The molecule has 40 heteroatoms. The van der Waals surface area contributed by atoms with Crippen molar-refractivity contribution in [1.29, 1.82) is 14.3 Å². The average Bonchev–Trinajstić information content (AvgIpc) is 1.81. The molecule has 14 N–H and O–H groups in total. The highest BCUT2D eigenvalue weighted by molar-refractivity contribution is 7.93. The summed E-state index contributed by atoms with van der Waals surface area (Å²) < 4.78 is 184. The van der Waals surface area contributed by atoms with Crippen LogP contribution in [-0.4, -0.2) is 99.9 Å². The van der Waals surface area contributed by atoms with Gasteiger partial charge in [-0.25, -0.2) is 69.0 Å². The van der Waals surface area contributed by atoms with Crippen molar-refractivity contribution < 1.29 is 61.4 Å². The van der Waals surface area contributed by atoms with Gasteiger partial charge in [0.1, 0.15) is 28.2 Å². The number of hydrogen-bond acceptors (Lipinski definition) is 22. The van der Waals surface area contributed by atoms with Crippen LogP contribution in [0.3, 0.4) is 0 Å². The number of rotatable bonds is 13. The molecule has 3 atom stereocenters. The summed E-state index contributed by atoms with van der Waals surface area (Å²) in [5.41, 5.74) is 6.12. The SMILES string of the molecule is N=S1(=O)CCCCNc2nc(ncc2-c2ccc(CNS(=O)(=O)c3cccc(Cl)c3Cl)cc2)Nc2cccc1c2.N=S1(=O)CCCCNc2nc(ncc2-c2cccc(CNC(=O)Nc3cc(C(F)(F)F)ccc3F)c2)Nc2cccc1c2.N=S1(=O)CCCCNc2nc(ncc2-c2cccc(CNC(=O)Nc3cccc(C(F)(F)F)c3)c2)Nc2cccc1c2. The van der Waals surface area contributed by atoms with E-state index in [0.29, 0.717) is 148 Å². The summed E-state index contributed by atoms with van der Waals surface area (Å²) in [6.45, 7) is 1.85. The molecule has 0 saturated carbocycles. The molecule has 3 aliphatic rings. The van der Waals surface area contributed by atoms with Gasteiger partial charge < -0.3 is 53.2 Å². The van der Waals surface area contributed by atoms with Crippen LogP contribution in [0.1, 0.15) is 66.3 Å². The van der Waals surface area contributed by atoms with Gasteiger partial charge in [0.2, 0.25) is 27.9 Å². The van der Waals surface area contributed by atoms with Gasteiger partial charge in [-0.3, -0.25) is 0 Å². The molecule has 27 nitrogen and oxygen atoms in total. The second kappa shape index (κ2) is 39.5. The number of benzene rings is 9. The third-order valence-electron chi connectivity index (χ3n) is 19.5. The minimum absolute atomic E-state index is 0.00621. The maximum Gasteiger partial charge on any atom is 0.416 e. The van der Waals surface area contributed by atoms with Crippen LogP contribution in [0, 0.1) is 20.2 Å². The molecule has 15 rings (SSSR count). The first-order chi connectivity index (χ1) is 59.7. The van der Waals surface area contributed by atoms with E-state index >= 15 is 0 Å². The van der Waals surface area contributed by atoms with Crippen LogP contribution in [0.25, 0.3) is 33.4 Å². The molecule has 3 aliphatic heterocycles. The first-order valence-corrected chi connectivity index (χ1v) is 46.2. The minimum Gasteiger partial charge on any atom is -0.369 e. The Bertz CT molecular complexity index is 6470. The van der Waals surface area contributed by atoms with Crippen molar-refractivity contribution in [3.05, 3.63) is 269 Å². The van der Waals surface area contributed by atoms with Crippen LogP contribution in [-0.2, 0) is 71.2 Å². The summed E-state index contributed by atoms with van der Waals surface area (Å²) in [5, 5.41) is 29.3. The Labute approximate surface area is 725 Å². The van der Waals surface area contributed by atoms with E-state index in [-0.39, 0.29) is 57.5 Å². The van der Waals surface area contributed by atoms with Gasteiger partial charge in [0.05, 0.1) is 56.0 Å². The fourth-order valence-corrected chi connectivity index (χ4v) is 19.2. The van der Waals surface area contributed by atoms with Crippen molar-refractivity contribution in [1.82, 2.24) is 45.3 Å². The normalized spacial score (nSPS) is 17.1. The smallest absolute Gasteiger partial charge is 0.369 e. The van der Waals surface area contributed by atoms with Gasteiger partial charge >= 0.3 is 24.4 Å². The zero-order valence-corrected chi connectivity index (χ0v) is 70.8. The average molecular weight is 1830 g/mol. The van der Waals surface area contributed by atoms with Crippen molar-refractivity contribution in [2.75, 3.05) is 79.4 Å². The molecule has 0 radical (unpaired) electrons. The number of fused-ring (bicyclic) bond motifs is 12. The molecule has 3 unspecified atom stereocenters. The zero-order valence-electron chi connectivity index (χ0n) is 66.0. The highest BCUT2D eigenvalue weighted by Gasteiger charge is 2.33. The molecule has 4 amide bonds. The van der Waals surface area contributed by atoms with E-state index in [2.05, 4.69) is 87.8 Å². The van der Waals surface area contributed by atoms with Crippen LogP contribution < -0.4 is 57.9 Å². The van der Waals surface area contributed by atoms with Crippen molar-refractivity contribution in [3.63, 3.8) is 0 Å². The summed E-state index contributed by atoms with van der Waals surface area (Å²) in [7, 11) is -12.6. The molecular formula is C85H81Cl2F7N20O7S4. The van der Waals surface area contributed by atoms with Gasteiger partial charge in [-0.05, 0) is 187 Å². The topological polar surface area (TPSA) is 401 Å². The first-order valence-electron chi connectivity index (χ1n) is 38.8. The van der Waals surface area contributed by atoms with Crippen molar-refractivity contribution >= 4 is 138 Å². The van der Waals surface area contributed by atoms with Crippen LogP contribution in [0.15, 0.2) is 244 Å². The van der Waals surface area contributed by atoms with Gasteiger partial charge in [0.25, 0.3) is 0 Å². The number of hydrogen-bond donors (Lipinski definition) is 14. The van der Waals surface area contributed by atoms with Crippen molar-refractivity contribution in [3.8, 4) is 33.4 Å². The number of nitrogens with zero attached hydrogens (tertiary/aromatic N) is 6. The first kappa shape index (κ1) is 90.1. The molecule has 0 fully saturated rings. The zero-order chi connectivity index (χ0) is 88.7. The number of anilines is 11. The Morgan fingerprint density at radius 1 is 0.440 bits per heavy atom. The van der Waals surface area contributed by atoms with Gasteiger partial charge in [-0.1, -0.05) is 114 Å². The van der Waals surface area contributed by atoms with E-state index in [9.17, 15) is 61.4 Å². The van der Waals surface area contributed by atoms with Crippen LogP contribution in [0.2, 0.25) is 10.0 Å². The molecule has 0 spiro atoms. The Morgan fingerprint density at radius 3 is 1.31 bits per heavy atom. The molecule has 0 saturated heterocycles. The molecule has 12 aromatic rings. The number of urea groups is 2. The number of nitrogens with one attached hydrogen (secondary N) is 14. The van der Waals surface area contributed by atoms with Crippen LogP contribution >= 0.6 is 23.2 Å². The predicted octanol–water partition coefficient (Wildman–Crippen LogP) is 20.1. The third-order valence-corrected chi connectivity index (χ3v) is 27.6. The quantitative estimate of drug-likeness (QED) is 0.0477. The molecule has 12 bridgehead atoms. The third kappa shape index (κ3) is 24.3. The highest BCUT2D eigenvalue weighted by atomic mass is 35.5. The van der Waals surface area contributed by atoms with Crippen LogP contribution in [0.4, 0.5) is 104 Å². The maximum atomic E-state index is 14.0. The summed E-state index contributed by atoms with van der Waals surface area (Å²) in [6.07, 6.45) is -0.273. The van der Waals surface area contributed by atoms with E-state index in [1.807, 2.05) is 60.7 Å². The van der Waals surface area contributed by atoms with Crippen molar-refractivity contribution in [2.24, 2.45) is 0 Å². The standard InChI is InChI=1S/C29H27F4N7O2S.C29H28F3N7O2S.C27H26Cl2N6O3S2/c30-24-10-9-20(29(31,32)33)14-25(24)39-28(41)37-16-18-5-3-6-19(13-18)23-17-36-27-38-21-7-4-8-22(15-21)43(34,42)12-2-1-11-35-26(23)40-27;30-29(31,32)21-8-4-9-22(15-21)38-28(40)36-17-19-6-3-7-20(14-19)25-18-35-27-37-23-10-5-11-24(16-23)42(33,41)13-2-1-12-34-26(25)39-27;28-23-7-4-8-24(25(23)29)40(37,38)33-16-18-9-11-19(12-10-18)22-17-32-27-34-20-5-3-6-21(15-20)39(30,36)14-2-1-13-31-26(22)35-27/h3-10,13-15,17,34H,1-2,11-12,16H2,(H2,37,39,41)(H2,35,36,38,40);3-11,14-16,18,33H,1-2,12-13,17H2,(H2,36,38,40)(H2,34,35,37,39);3-12,15,17,30,33H,1-2,13-14,16H2,(H2,31,32,34,35). The number of carbonyl (C=O) groups excluding carboxylic acids is 2. The lowest BCUT2D eigenvalue weighted by molar-refractivity contribution is -0.138. The number of halogens is 9. The fraction of sp³-hybridized carbons (Fsp3) is 0.200. The summed E-state index contributed by atoms with van der Waals surface area (Å²) >= 11 is 12.1. The van der Waals surface area contributed by atoms with E-state index in [4.69, 9.17) is 37.5 Å². The maximum absolute atomic E-state index is 14.0. The van der Waals surface area contributed by atoms with Crippen molar-refractivity contribution in [2.45, 2.75) is 90.1 Å². The van der Waals surface area contributed by atoms with Gasteiger partial charge in [0.15, 0.2) is 0 Å². The number of aromatic nitrogens is 6. The summed E-state index contributed by atoms with van der Waals surface area (Å²) in [5.74, 6) is 2.53. The second-order valence-electron chi connectivity index (χ2n) is 28.7. The molecule has 3 aromatic heterocycles. The highest BCUT2D eigenvalue weighted by Crippen LogP contribution is 2.38. The Morgan fingerprint density at radius 2 is 0.856 bits per heavy atom. The van der Waals surface area contributed by atoms with Crippen LogP contribution in [0.5, 0.6) is 0 Å². The van der Waals surface area contributed by atoms with Gasteiger partial charge in [-0.2, -0.15) is 41.3 Å². The van der Waals surface area contributed by atoms with Gasteiger partial charge in [0, 0.05) is 129 Å². The molecule has 0 aliphatic carbocycles. The van der Waals surface area contributed by atoms with E-state index in [1.54, 1.807) is 104 Å². The number of carbonyl (C=O) groups is 2. The number of amides is 4. The lowest BCUT2D eigenvalue weighted by atomic mass is 10.0. The predicted molar refractivity (Wildman–Crippen MR) is 472 cm³/mol. The Hall–Kier alpha value is -12.6. The van der Waals surface area contributed by atoms with Gasteiger partial charge in [-0.15, -0.1) is 0 Å². The molecule has 9 aromatic carbocycles. The molecule has 6 heterocycles. The largest absolute Gasteiger partial charge is 0.416 e. The van der Waals surface area contributed by atoms with E-state index < -0.39 is 86.3 Å². The van der Waals surface area contributed by atoms with E-state index in [1.165, 1.54) is 30.3 Å². The number of alkyl halides is 6. The monoisotopic (exact) mass is 1820 g/mol. The lowest BCUT2D eigenvalue weighted by Crippen LogP contribution is -2.28.